The molecule has 0 bridgehead atoms. The molecule has 5 heteroatoms. The largest absolute Gasteiger partial charge is 0.480 e. The summed E-state index contributed by atoms with van der Waals surface area (Å²) in [5, 5.41) is 11.5. The van der Waals surface area contributed by atoms with Crippen LogP contribution in [0.2, 0.25) is 0 Å². The second kappa shape index (κ2) is 8.39. The van der Waals surface area contributed by atoms with E-state index in [4.69, 9.17) is 5.11 Å². The Balaban J connectivity index is 3.87. The maximum atomic E-state index is 11.5. The van der Waals surface area contributed by atoms with Gasteiger partial charge in [-0.1, -0.05) is 27.7 Å². The molecule has 0 aromatic heterocycles. The summed E-state index contributed by atoms with van der Waals surface area (Å²) < 4.78 is 0. The summed E-state index contributed by atoms with van der Waals surface area (Å²) >= 11 is 1.55. The molecule has 0 heterocycles. The molecule has 0 spiro atoms. The molecule has 0 aliphatic heterocycles. The molecule has 0 aromatic rings. The van der Waals surface area contributed by atoms with Crippen molar-refractivity contribution in [1.29, 1.82) is 0 Å². The van der Waals surface area contributed by atoms with Crippen LogP contribution in [0.3, 0.4) is 0 Å². The van der Waals surface area contributed by atoms with E-state index in [0.29, 0.717) is 11.7 Å². The maximum Gasteiger partial charge on any atom is 0.326 e. The summed E-state index contributed by atoms with van der Waals surface area (Å²) in [6.07, 6.45) is 1.07. The van der Waals surface area contributed by atoms with Gasteiger partial charge in [0.2, 0.25) is 5.91 Å². The van der Waals surface area contributed by atoms with Crippen LogP contribution in [0.5, 0.6) is 0 Å². The van der Waals surface area contributed by atoms with Gasteiger partial charge in [-0.25, -0.2) is 4.79 Å². The minimum absolute atomic E-state index is 0.0999. The van der Waals surface area contributed by atoms with Gasteiger partial charge in [0.15, 0.2) is 0 Å². The minimum atomic E-state index is -0.972. The predicted molar refractivity (Wildman–Crippen MR) is 71.2 cm³/mol. The fourth-order valence-corrected chi connectivity index (χ4v) is 2.26. The zero-order chi connectivity index (χ0) is 13.4. The number of carbonyl (C=O) groups is 2. The number of carboxylic acid groups (broad SMARTS) is 1. The number of aliphatic carboxylic acids is 1. The lowest BCUT2D eigenvalue weighted by atomic mass is 10.1. The van der Waals surface area contributed by atoms with Gasteiger partial charge in [-0.2, -0.15) is 11.8 Å². The summed E-state index contributed by atoms with van der Waals surface area (Å²) in [6.45, 7) is 7.84. The number of carboxylic acids is 1. The van der Waals surface area contributed by atoms with Gasteiger partial charge in [-0.05, 0) is 24.0 Å². The third-order valence-electron chi connectivity index (χ3n) is 2.32. The number of carbonyl (C=O) groups excluding carboxylic acids is 1. The van der Waals surface area contributed by atoms with Crippen LogP contribution in [0.4, 0.5) is 0 Å². The monoisotopic (exact) mass is 261 g/mol. The third-order valence-corrected chi connectivity index (χ3v) is 3.31. The van der Waals surface area contributed by atoms with Crippen molar-refractivity contribution in [2.75, 3.05) is 11.5 Å². The number of amides is 1. The second-order valence-electron chi connectivity index (χ2n) is 4.86. The van der Waals surface area contributed by atoms with Crippen LogP contribution in [0.25, 0.3) is 0 Å². The Labute approximate surface area is 108 Å². The van der Waals surface area contributed by atoms with Crippen molar-refractivity contribution in [3.05, 3.63) is 0 Å². The van der Waals surface area contributed by atoms with E-state index >= 15 is 0 Å². The van der Waals surface area contributed by atoms with E-state index in [1.807, 2.05) is 0 Å². The number of hydrogen-bond donors (Lipinski definition) is 2. The minimum Gasteiger partial charge on any atom is -0.480 e. The molecule has 0 saturated heterocycles. The molecule has 0 saturated carbocycles. The van der Waals surface area contributed by atoms with E-state index in [1.54, 1.807) is 25.6 Å². The van der Waals surface area contributed by atoms with Crippen molar-refractivity contribution >= 4 is 23.6 Å². The van der Waals surface area contributed by atoms with Gasteiger partial charge in [0.05, 0.1) is 5.75 Å². The van der Waals surface area contributed by atoms with Crippen molar-refractivity contribution in [1.82, 2.24) is 5.32 Å². The fourth-order valence-electron chi connectivity index (χ4n) is 1.21. The van der Waals surface area contributed by atoms with E-state index in [1.165, 1.54) is 0 Å². The molecule has 0 aliphatic carbocycles. The average molecular weight is 261 g/mol. The summed E-state index contributed by atoms with van der Waals surface area (Å²) in [5.41, 5.74) is 0. The molecule has 0 rings (SSSR count). The summed E-state index contributed by atoms with van der Waals surface area (Å²) in [5.74, 6) is 0.638. The molecule has 17 heavy (non-hydrogen) atoms. The Morgan fingerprint density at radius 2 is 1.82 bits per heavy atom. The molecule has 100 valence electrons. The number of thioether (sulfide) groups is 1. The number of nitrogens with one attached hydrogen (secondary N) is 1. The van der Waals surface area contributed by atoms with E-state index in [9.17, 15) is 9.59 Å². The van der Waals surface area contributed by atoms with Gasteiger partial charge >= 0.3 is 5.97 Å². The standard InChI is InChI=1S/C12H23NO3S/c1-8(2)5-6-17-7-10(14)13-11(9(3)4)12(15)16/h8-9,11H,5-7H2,1-4H3,(H,13,14)(H,15,16)/t11-/m1/s1. The number of rotatable bonds is 8. The van der Waals surface area contributed by atoms with E-state index in [0.717, 1.165) is 12.2 Å². The zero-order valence-electron chi connectivity index (χ0n) is 11.0. The molecule has 1 amide bonds. The van der Waals surface area contributed by atoms with Crippen molar-refractivity contribution in [3.63, 3.8) is 0 Å². The predicted octanol–water partition coefficient (Wildman–Crippen LogP) is 1.99. The summed E-state index contributed by atoms with van der Waals surface area (Å²) in [4.78, 5) is 22.4. The van der Waals surface area contributed by atoms with E-state index in [2.05, 4.69) is 19.2 Å². The topological polar surface area (TPSA) is 66.4 Å². The Hall–Kier alpha value is -0.710. The molecular weight excluding hydrogens is 238 g/mol. The lowest BCUT2D eigenvalue weighted by molar-refractivity contribution is -0.142. The quantitative estimate of drug-likeness (QED) is 0.656. The normalized spacial score (nSPS) is 12.8. The van der Waals surface area contributed by atoms with E-state index < -0.39 is 12.0 Å². The molecule has 0 aromatic carbocycles. The van der Waals surface area contributed by atoms with E-state index in [-0.39, 0.29) is 11.8 Å². The van der Waals surface area contributed by atoms with Gasteiger partial charge in [0.1, 0.15) is 6.04 Å². The molecule has 0 radical (unpaired) electrons. The highest BCUT2D eigenvalue weighted by atomic mass is 32.2. The third kappa shape index (κ3) is 8.07. The van der Waals surface area contributed by atoms with Gasteiger partial charge < -0.3 is 10.4 Å². The number of hydrogen-bond acceptors (Lipinski definition) is 3. The van der Waals surface area contributed by atoms with Crippen LogP contribution < -0.4 is 5.32 Å². The molecule has 4 nitrogen and oxygen atoms in total. The maximum absolute atomic E-state index is 11.5. The van der Waals surface area contributed by atoms with Crippen molar-refractivity contribution < 1.29 is 14.7 Å². The van der Waals surface area contributed by atoms with Crippen molar-refractivity contribution in [2.45, 2.75) is 40.2 Å². The zero-order valence-corrected chi connectivity index (χ0v) is 11.8. The molecule has 1 atom stereocenters. The summed E-state index contributed by atoms with van der Waals surface area (Å²) in [6, 6.07) is -0.784. The fraction of sp³-hybridized carbons (Fsp3) is 0.833. The highest BCUT2D eigenvalue weighted by Crippen LogP contribution is 2.09. The van der Waals surface area contributed by atoms with Gasteiger partial charge in [0, 0.05) is 0 Å². The Morgan fingerprint density at radius 3 is 2.24 bits per heavy atom. The Morgan fingerprint density at radius 1 is 1.24 bits per heavy atom. The Bertz CT molecular complexity index is 254. The first kappa shape index (κ1) is 16.3. The molecule has 0 unspecified atom stereocenters. The SMILES string of the molecule is CC(C)CCSCC(=O)N[C@@H](C(=O)O)C(C)C. The average Bonchev–Trinajstić information content (AvgIpc) is 2.19. The van der Waals surface area contributed by atoms with Crippen LogP contribution in [-0.4, -0.2) is 34.5 Å². The molecule has 2 N–H and O–H groups in total. The first-order chi connectivity index (χ1) is 7.84. The van der Waals surface area contributed by atoms with Crippen LogP contribution in [0.15, 0.2) is 0 Å². The highest BCUT2D eigenvalue weighted by Gasteiger charge is 2.22. The van der Waals surface area contributed by atoms with Crippen LogP contribution in [0.1, 0.15) is 34.1 Å². The first-order valence-corrected chi connectivity index (χ1v) is 7.10. The van der Waals surface area contributed by atoms with Crippen LogP contribution in [0, 0.1) is 11.8 Å². The van der Waals surface area contributed by atoms with Crippen molar-refractivity contribution in [3.8, 4) is 0 Å². The lowest BCUT2D eigenvalue weighted by Crippen LogP contribution is -2.45. The van der Waals surface area contributed by atoms with Gasteiger partial charge in [-0.15, -0.1) is 0 Å². The van der Waals surface area contributed by atoms with Crippen molar-refractivity contribution in [2.24, 2.45) is 11.8 Å². The van der Waals surface area contributed by atoms with Crippen LogP contribution >= 0.6 is 11.8 Å². The second-order valence-corrected chi connectivity index (χ2v) is 5.97. The summed E-state index contributed by atoms with van der Waals surface area (Å²) in [7, 11) is 0. The smallest absolute Gasteiger partial charge is 0.326 e. The molecule has 0 aliphatic rings. The highest BCUT2D eigenvalue weighted by molar-refractivity contribution is 7.99. The van der Waals surface area contributed by atoms with Gasteiger partial charge in [-0.3, -0.25) is 4.79 Å². The first-order valence-electron chi connectivity index (χ1n) is 5.94. The lowest BCUT2D eigenvalue weighted by Gasteiger charge is -2.17. The molecule has 0 fully saturated rings. The van der Waals surface area contributed by atoms with Gasteiger partial charge in [0.25, 0.3) is 0 Å². The Kier molecular flexibility index (Phi) is 8.04. The van der Waals surface area contributed by atoms with Crippen LogP contribution in [-0.2, 0) is 9.59 Å². The molecular formula is C12H23NO3S.